The maximum absolute atomic E-state index is 11.6. The van der Waals surface area contributed by atoms with Crippen LogP contribution in [0.2, 0.25) is 0 Å². The van der Waals surface area contributed by atoms with Crippen LogP contribution in [0.3, 0.4) is 0 Å². The minimum absolute atomic E-state index is 0.0278. The van der Waals surface area contributed by atoms with E-state index in [9.17, 15) is 19.2 Å². The Kier molecular flexibility index (Phi) is 6.44. The molecule has 1 heterocycles. The van der Waals surface area contributed by atoms with Gasteiger partial charge in [-0.2, -0.15) is 0 Å². The molecule has 0 radical (unpaired) electrons. The van der Waals surface area contributed by atoms with E-state index in [0.29, 0.717) is 11.1 Å². The summed E-state index contributed by atoms with van der Waals surface area (Å²) in [6.07, 6.45) is 3.87. The summed E-state index contributed by atoms with van der Waals surface area (Å²) in [7, 11) is 1.28. The Bertz CT molecular complexity index is 820. The maximum atomic E-state index is 11.6. The minimum Gasteiger partial charge on any atom is -0.465 e. The zero-order chi connectivity index (χ0) is 18.9. The van der Waals surface area contributed by atoms with E-state index in [1.807, 2.05) is 5.32 Å². The third-order valence-corrected chi connectivity index (χ3v) is 3.09. The molecule has 1 aromatic heterocycles. The molecule has 0 atom stereocenters. The van der Waals surface area contributed by atoms with Crippen molar-refractivity contribution in [1.82, 2.24) is 5.32 Å². The van der Waals surface area contributed by atoms with Crippen LogP contribution < -0.4 is 5.32 Å². The van der Waals surface area contributed by atoms with Gasteiger partial charge in [0.05, 0.1) is 18.9 Å². The lowest BCUT2D eigenvalue weighted by Gasteiger charge is -2.02. The molecule has 0 saturated carbocycles. The Morgan fingerprint density at radius 3 is 2.46 bits per heavy atom. The summed E-state index contributed by atoms with van der Waals surface area (Å²) in [5, 5.41) is 2.02. The van der Waals surface area contributed by atoms with Crippen molar-refractivity contribution in [2.45, 2.75) is 0 Å². The summed E-state index contributed by atoms with van der Waals surface area (Å²) in [5.74, 6) is -2.76. The number of ether oxygens (including phenoxy) is 2. The van der Waals surface area contributed by atoms with Crippen LogP contribution in [0.4, 0.5) is 0 Å². The molecule has 8 heteroatoms. The summed E-state index contributed by atoms with van der Waals surface area (Å²) in [6, 6.07) is 9.22. The van der Waals surface area contributed by atoms with Crippen molar-refractivity contribution in [1.29, 1.82) is 0 Å². The van der Waals surface area contributed by atoms with Crippen LogP contribution in [0.15, 0.2) is 53.2 Å². The summed E-state index contributed by atoms with van der Waals surface area (Å²) in [6.45, 7) is -0.614. The van der Waals surface area contributed by atoms with E-state index in [4.69, 9.17) is 9.15 Å². The number of hydrogen-bond acceptors (Lipinski definition) is 7. The number of furan rings is 1. The molecular weight excluding hydrogens is 342 g/mol. The number of carbonyl (C=O) groups excluding carboxylic acids is 4. The van der Waals surface area contributed by atoms with Gasteiger partial charge < -0.3 is 13.9 Å². The van der Waals surface area contributed by atoms with Gasteiger partial charge in [0.25, 0.3) is 11.8 Å². The second-order valence-electron chi connectivity index (χ2n) is 4.91. The van der Waals surface area contributed by atoms with Gasteiger partial charge in [-0.15, -0.1) is 0 Å². The fourth-order valence-electron chi connectivity index (χ4n) is 1.83. The monoisotopic (exact) mass is 357 g/mol. The van der Waals surface area contributed by atoms with Gasteiger partial charge in [-0.05, 0) is 35.9 Å². The lowest BCUT2D eigenvalue weighted by Crippen LogP contribution is -2.33. The van der Waals surface area contributed by atoms with Gasteiger partial charge in [-0.3, -0.25) is 14.9 Å². The highest BCUT2D eigenvalue weighted by Crippen LogP contribution is 2.07. The zero-order valence-electron chi connectivity index (χ0n) is 13.8. The smallest absolute Gasteiger partial charge is 0.337 e. The van der Waals surface area contributed by atoms with Crippen molar-refractivity contribution in [3.05, 3.63) is 65.6 Å². The number of hydrogen-bond donors (Lipinski definition) is 1. The Morgan fingerprint density at radius 2 is 1.85 bits per heavy atom. The average molecular weight is 357 g/mol. The molecule has 8 nitrogen and oxygen atoms in total. The average Bonchev–Trinajstić information content (AvgIpc) is 3.19. The van der Waals surface area contributed by atoms with E-state index in [1.54, 1.807) is 24.3 Å². The first-order valence-electron chi connectivity index (χ1n) is 7.40. The Morgan fingerprint density at radius 1 is 1.12 bits per heavy atom. The summed E-state index contributed by atoms with van der Waals surface area (Å²) in [5.41, 5.74) is 1.03. The van der Waals surface area contributed by atoms with Crippen molar-refractivity contribution in [3.63, 3.8) is 0 Å². The summed E-state index contributed by atoms with van der Waals surface area (Å²) in [4.78, 5) is 46.0. The van der Waals surface area contributed by atoms with Crippen LogP contribution in [-0.4, -0.2) is 37.5 Å². The first kappa shape index (κ1) is 18.7. The standard InChI is InChI=1S/C18H15NO7/c1-24-18(23)13-7-4-12(5-8-13)6-9-16(21)26-11-15(20)19-17(22)14-3-2-10-25-14/h2-10H,11H2,1H3,(H,19,20,22)/b9-6+. The molecule has 0 aliphatic carbocycles. The first-order chi connectivity index (χ1) is 12.5. The van der Waals surface area contributed by atoms with Crippen LogP contribution in [-0.2, 0) is 19.1 Å². The maximum Gasteiger partial charge on any atom is 0.337 e. The number of methoxy groups -OCH3 is 1. The number of benzene rings is 1. The van der Waals surface area contributed by atoms with E-state index < -0.39 is 30.4 Å². The van der Waals surface area contributed by atoms with Crippen molar-refractivity contribution in [2.75, 3.05) is 13.7 Å². The SMILES string of the molecule is COC(=O)c1ccc(/C=C/C(=O)OCC(=O)NC(=O)c2ccco2)cc1. The summed E-state index contributed by atoms with van der Waals surface area (Å²) >= 11 is 0. The second-order valence-corrected chi connectivity index (χ2v) is 4.91. The quantitative estimate of drug-likeness (QED) is 0.617. The fraction of sp³-hybridized carbons (Fsp3) is 0.111. The first-order valence-corrected chi connectivity index (χ1v) is 7.40. The zero-order valence-corrected chi connectivity index (χ0v) is 13.8. The molecule has 0 unspecified atom stereocenters. The molecule has 0 aliphatic rings. The predicted octanol–water partition coefficient (Wildman–Crippen LogP) is 1.58. The van der Waals surface area contributed by atoms with Gasteiger partial charge in [0, 0.05) is 6.08 Å². The molecule has 26 heavy (non-hydrogen) atoms. The van der Waals surface area contributed by atoms with Crippen molar-refractivity contribution >= 4 is 29.8 Å². The Balaban J connectivity index is 1.79. The van der Waals surface area contributed by atoms with Gasteiger partial charge in [-0.25, -0.2) is 9.59 Å². The van der Waals surface area contributed by atoms with Gasteiger partial charge in [-0.1, -0.05) is 12.1 Å². The van der Waals surface area contributed by atoms with Crippen LogP contribution in [0.1, 0.15) is 26.5 Å². The molecular formula is C18H15NO7. The molecule has 2 rings (SSSR count). The molecule has 2 amide bonds. The Labute approximate surface area is 148 Å². The van der Waals surface area contributed by atoms with Gasteiger partial charge in [0.15, 0.2) is 12.4 Å². The highest BCUT2D eigenvalue weighted by Gasteiger charge is 2.13. The van der Waals surface area contributed by atoms with Gasteiger partial charge in [0.1, 0.15) is 0 Å². The number of carbonyl (C=O) groups is 4. The molecule has 1 N–H and O–H groups in total. The lowest BCUT2D eigenvalue weighted by atomic mass is 10.1. The largest absolute Gasteiger partial charge is 0.465 e. The van der Waals surface area contributed by atoms with E-state index in [-0.39, 0.29) is 5.76 Å². The molecule has 0 fully saturated rings. The molecule has 0 aliphatic heterocycles. The van der Waals surface area contributed by atoms with E-state index >= 15 is 0 Å². The number of rotatable bonds is 6. The van der Waals surface area contributed by atoms with Crippen molar-refractivity contribution in [2.24, 2.45) is 0 Å². The number of imide groups is 1. The Hall–Kier alpha value is -3.68. The summed E-state index contributed by atoms with van der Waals surface area (Å²) < 4.78 is 14.1. The van der Waals surface area contributed by atoms with E-state index in [1.165, 1.54) is 31.6 Å². The topological polar surface area (TPSA) is 112 Å². The normalized spacial score (nSPS) is 10.3. The van der Waals surface area contributed by atoms with Crippen molar-refractivity contribution in [3.8, 4) is 0 Å². The highest BCUT2D eigenvalue weighted by atomic mass is 16.5. The van der Waals surface area contributed by atoms with E-state index in [0.717, 1.165) is 6.08 Å². The fourth-order valence-corrected chi connectivity index (χ4v) is 1.83. The number of amides is 2. The van der Waals surface area contributed by atoms with Gasteiger partial charge in [0.2, 0.25) is 0 Å². The molecule has 1 aromatic carbocycles. The van der Waals surface area contributed by atoms with Crippen molar-refractivity contribution < 1.29 is 33.1 Å². The molecule has 2 aromatic rings. The predicted molar refractivity (Wildman–Crippen MR) is 89.0 cm³/mol. The molecule has 0 saturated heterocycles. The lowest BCUT2D eigenvalue weighted by molar-refractivity contribution is -0.143. The van der Waals surface area contributed by atoms with E-state index in [2.05, 4.69) is 4.74 Å². The second kappa shape index (κ2) is 8.97. The highest BCUT2D eigenvalue weighted by molar-refractivity contribution is 6.04. The number of nitrogens with one attached hydrogen (secondary N) is 1. The molecule has 134 valence electrons. The van der Waals surface area contributed by atoms with Crippen LogP contribution in [0, 0.1) is 0 Å². The van der Waals surface area contributed by atoms with Crippen LogP contribution in [0.5, 0.6) is 0 Å². The third-order valence-electron chi connectivity index (χ3n) is 3.09. The van der Waals surface area contributed by atoms with Crippen LogP contribution in [0.25, 0.3) is 6.08 Å². The minimum atomic E-state index is -0.782. The molecule has 0 spiro atoms. The third kappa shape index (κ3) is 5.45. The number of esters is 2. The van der Waals surface area contributed by atoms with Crippen LogP contribution >= 0.6 is 0 Å². The van der Waals surface area contributed by atoms with Gasteiger partial charge >= 0.3 is 11.9 Å². The molecule has 0 bridgehead atoms.